The highest BCUT2D eigenvalue weighted by Crippen LogP contribution is 2.19. The summed E-state index contributed by atoms with van der Waals surface area (Å²) < 4.78 is 0. The van der Waals surface area contributed by atoms with Crippen molar-refractivity contribution in [2.24, 2.45) is 5.73 Å². The maximum Gasteiger partial charge on any atom is 0.319 e. The van der Waals surface area contributed by atoms with Crippen molar-refractivity contribution in [3.8, 4) is 0 Å². The molecule has 1 saturated carbocycles. The van der Waals surface area contributed by atoms with Gasteiger partial charge in [0.05, 0.1) is 12.1 Å². The maximum absolute atomic E-state index is 11.6. The molecule has 0 spiro atoms. The highest BCUT2D eigenvalue weighted by molar-refractivity contribution is 5.89. The van der Waals surface area contributed by atoms with Gasteiger partial charge in [-0.1, -0.05) is 12.1 Å². The molecule has 2 atom stereocenters. The lowest BCUT2D eigenvalue weighted by atomic mass is 10.1. The molecule has 3 amide bonds. The van der Waals surface area contributed by atoms with Crippen molar-refractivity contribution in [1.29, 1.82) is 0 Å². The van der Waals surface area contributed by atoms with Crippen LogP contribution in [-0.4, -0.2) is 24.0 Å². The normalized spacial score (nSPS) is 16.7. The van der Waals surface area contributed by atoms with E-state index in [9.17, 15) is 9.59 Å². The SMILES string of the molecule is CC(NC(=O)[C@H](C)N)c1ccc(NC(=O)NC2CC2)cc1. The molecule has 1 aromatic carbocycles. The highest BCUT2D eigenvalue weighted by atomic mass is 16.2. The first kappa shape index (κ1) is 15.3. The zero-order chi connectivity index (χ0) is 15.4. The van der Waals surface area contributed by atoms with Crippen LogP contribution in [0.25, 0.3) is 0 Å². The zero-order valence-electron chi connectivity index (χ0n) is 12.3. The van der Waals surface area contributed by atoms with E-state index in [-0.39, 0.29) is 18.0 Å². The molecule has 0 saturated heterocycles. The second-order valence-electron chi connectivity index (χ2n) is 5.51. The molecule has 0 bridgehead atoms. The summed E-state index contributed by atoms with van der Waals surface area (Å²) in [6, 6.07) is 6.88. The van der Waals surface area contributed by atoms with Crippen LogP contribution in [0.3, 0.4) is 0 Å². The summed E-state index contributed by atoms with van der Waals surface area (Å²) in [7, 11) is 0. The third kappa shape index (κ3) is 4.75. The minimum absolute atomic E-state index is 0.127. The molecule has 1 aliphatic rings. The molecule has 21 heavy (non-hydrogen) atoms. The molecule has 5 N–H and O–H groups in total. The van der Waals surface area contributed by atoms with Gasteiger partial charge in [-0.05, 0) is 44.4 Å². The molecule has 114 valence electrons. The van der Waals surface area contributed by atoms with Gasteiger partial charge in [-0.25, -0.2) is 4.79 Å². The summed E-state index contributed by atoms with van der Waals surface area (Å²) in [6.07, 6.45) is 2.12. The van der Waals surface area contributed by atoms with E-state index in [2.05, 4.69) is 16.0 Å². The number of nitrogens with one attached hydrogen (secondary N) is 3. The van der Waals surface area contributed by atoms with E-state index in [1.807, 2.05) is 31.2 Å². The topological polar surface area (TPSA) is 96.2 Å². The zero-order valence-corrected chi connectivity index (χ0v) is 12.3. The second kappa shape index (κ2) is 6.58. The molecule has 1 fully saturated rings. The van der Waals surface area contributed by atoms with Crippen LogP contribution in [0.2, 0.25) is 0 Å². The second-order valence-corrected chi connectivity index (χ2v) is 5.51. The molecular weight excluding hydrogens is 268 g/mol. The van der Waals surface area contributed by atoms with Gasteiger partial charge in [0, 0.05) is 11.7 Å². The summed E-state index contributed by atoms with van der Waals surface area (Å²) in [5.74, 6) is -0.187. The van der Waals surface area contributed by atoms with Crippen LogP contribution in [0, 0.1) is 0 Å². The van der Waals surface area contributed by atoms with Gasteiger partial charge in [-0.2, -0.15) is 0 Å². The minimum atomic E-state index is -0.528. The average molecular weight is 290 g/mol. The average Bonchev–Trinajstić information content (AvgIpc) is 3.23. The summed E-state index contributed by atoms with van der Waals surface area (Å²) in [5.41, 5.74) is 7.20. The quantitative estimate of drug-likeness (QED) is 0.661. The van der Waals surface area contributed by atoms with Crippen LogP contribution < -0.4 is 21.7 Å². The van der Waals surface area contributed by atoms with Crippen molar-refractivity contribution < 1.29 is 9.59 Å². The van der Waals surface area contributed by atoms with Crippen LogP contribution in [0.15, 0.2) is 24.3 Å². The molecule has 0 aliphatic heterocycles. The van der Waals surface area contributed by atoms with Gasteiger partial charge in [-0.3, -0.25) is 4.79 Å². The minimum Gasteiger partial charge on any atom is -0.348 e. The summed E-state index contributed by atoms with van der Waals surface area (Å²) in [4.78, 5) is 23.2. The summed E-state index contributed by atoms with van der Waals surface area (Å²) >= 11 is 0. The molecule has 1 aromatic rings. The third-order valence-corrected chi connectivity index (χ3v) is 3.35. The Bertz CT molecular complexity index is 509. The third-order valence-electron chi connectivity index (χ3n) is 3.35. The summed E-state index contributed by atoms with van der Waals surface area (Å²) in [5, 5.41) is 8.46. The van der Waals surface area contributed by atoms with Gasteiger partial charge in [0.15, 0.2) is 0 Å². The standard InChI is InChI=1S/C15H22N4O2/c1-9(16)14(20)17-10(2)11-3-5-12(6-4-11)18-15(21)19-13-7-8-13/h3-6,9-10,13H,7-8,16H2,1-2H3,(H,17,20)(H2,18,19,21)/t9-,10?/m0/s1. The number of carbonyl (C=O) groups is 2. The van der Waals surface area contributed by atoms with Gasteiger partial charge in [0.1, 0.15) is 0 Å². The molecule has 1 unspecified atom stereocenters. The Morgan fingerprint density at radius 3 is 2.33 bits per heavy atom. The van der Waals surface area contributed by atoms with Crippen LogP contribution in [0.1, 0.15) is 38.3 Å². The van der Waals surface area contributed by atoms with Crippen molar-refractivity contribution in [2.45, 2.75) is 44.8 Å². The number of carbonyl (C=O) groups excluding carboxylic acids is 2. The van der Waals surface area contributed by atoms with E-state index < -0.39 is 6.04 Å². The largest absolute Gasteiger partial charge is 0.348 e. The molecule has 0 heterocycles. The number of hydrogen-bond donors (Lipinski definition) is 4. The first-order valence-electron chi connectivity index (χ1n) is 7.19. The predicted molar refractivity (Wildman–Crippen MR) is 81.8 cm³/mol. The van der Waals surface area contributed by atoms with Gasteiger partial charge >= 0.3 is 6.03 Å². The predicted octanol–water partition coefficient (Wildman–Crippen LogP) is 1.49. The van der Waals surface area contributed by atoms with Crippen molar-refractivity contribution in [2.75, 3.05) is 5.32 Å². The van der Waals surface area contributed by atoms with E-state index in [4.69, 9.17) is 5.73 Å². The van der Waals surface area contributed by atoms with E-state index in [0.29, 0.717) is 6.04 Å². The van der Waals surface area contributed by atoms with Crippen molar-refractivity contribution >= 4 is 17.6 Å². The fraction of sp³-hybridized carbons (Fsp3) is 0.467. The molecule has 6 nitrogen and oxygen atoms in total. The lowest BCUT2D eigenvalue weighted by molar-refractivity contribution is -0.122. The first-order valence-corrected chi connectivity index (χ1v) is 7.19. The smallest absolute Gasteiger partial charge is 0.319 e. The number of anilines is 1. The molecular formula is C15H22N4O2. The lowest BCUT2D eigenvalue weighted by Gasteiger charge is -2.16. The van der Waals surface area contributed by atoms with E-state index in [1.54, 1.807) is 6.92 Å². The van der Waals surface area contributed by atoms with E-state index in [0.717, 1.165) is 24.1 Å². The van der Waals surface area contributed by atoms with E-state index >= 15 is 0 Å². The van der Waals surface area contributed by atoms with Crippen LogP contribution in [0.4, 0.5) is 10.5 Å². The van der Waals surface area contributed by atoms with Gasteiger partial charge in [0.25, 0.3) is 0 Å². The number of hydrogen-bond acceptors (Lipinski definition) is 3. The van der Waals surface area contributed by atoms with E-state index in [1.165, 1.54) is 0 Å². The Kier molecular flexibility index (Phi) is 4.80. The maximum atomic E-state index is 11.6. The van der Waals surface area contributed by atoms with Crippen molar-refractivity contribution in [3.05, 3.63) is 29.8 Å². The number of urea groups is 1. The summed E-state index contributed by atoms with van der Waals surface area (Å²) in [6.45, 7) is 3.54. The monoisotopic (exact) mass is 290 g/mol. The number of rotatable bonds is 5. The fourth-order valence-corrected chi connectivity index (χ4v) is 1.86. The Labute approximate surface area is 124 Å². The first-order chi connectivity index (χ1) is 9.95. The molecule has 6 heteroatoms. The van der Waals surface area contributed by atoms with Gasteiger partial charge in [-0.15, -0.1) is 0 Å². The Balaban J connectivity index is 1.88. The van der Waals surface area contributed by atoms with Gasteiger partial charge in [0.2, 0.25) is 5.91 Å². The Morgan fingerprint density at radius 2 is 1.81 bits per heavy atom. The fourth-order valence-electron chi connectivity index (χ4n) is 1.86. The molecule has 2 rings (SSSR count). The van der Waals surface area contributed by atoms with Crippen LogP contribution >= 0.6 is 0 Å². The van der Waals surface area contributed by atoms with Crippen molar-refractivity contribution in [3.63, 3.8) is 0 Å². The Morgan fingerprint density at radius 1 is 1.19 bits per heavy atom. The lowest BCUT2D eigenvalue weighted by Crippen LogP contribution is -2.39. The molecule has 1 aliphatic carbocycles. The van der Waals surface area contributed by atoms with Crippen LogP contribution in [-0.2, 0) is 4.79 Å². The number of amides is 3. The van der Waals surface area contributed by atoms with Crippen molar-refractivity contribution in [1.82, 2.24) is 10.6 Å². The molecule has 0 aromatic heterocycles. The van der Waals surface area contributed by atoms with Crippen LogP contribution in [0.5, 0.6) is 0 Å². The Hall–Kier alpha value is -2.08. The number of nitrogens with two attached hydrogens (primary N) is 1. The highest BCUT2D eigenvalue weighted by Gasteiger charge is 2.23. The van der Waals surface area contributed by atoms with Gasteiger partial charge < -0.3 is 21.7 Å². The molecule has 0 radical (unpaired) electrons. The number of benzene rings is 1.